The highest BCUT2D eigenvalue weighted by atomic mass is 16.6. The fourth-order valence-electron chi connectivity index (χ4n) is 4.48. The topological polar surface area (TPSA) is 76.0 Å². The van der Waals surface area contributed by atoms with E-state index in [-0.39, 0.29) is 11.5 Å². The molecule has 0 amide bonds. The average Bonchev–Trinajstić information content (AvgIpc) is 3.00. The lowest BCUT2D eigenvalue weighted by atomic mass is 9.76. The third-order valence-electron chi connectivity index (χ3n) is 5.66. The highest BCUT2D eigenvalue weighted by Crippen LogP contribution is 2.58. The van der Waals surface area contributed by atoms with Crippen molar-refractivity contribution >= 4 is 16.7 Å². The van der Waals surface area contributed by atoms with Crippen LogP contribution in [0.15, 0.2) is 72.8 Å². The molecule has 5 nitrogen and oxygen atoms in total. The van der Waals surface area contributed by atoms with Crippen molar-refractivity contribution in [2.75, 3.05) is 0 Å². The van der Waals surface area contributed by atoms with Gasteiger partial charge in [-0.3, -0.25) is 0 Å². The van der Waals surface area contributed by atoms with E-state index in [4.69, 9.17) is 9.47 Å². The van der Waals surface area contributed by atoms with E-state index in [2.05, 4.69) is 0 Å². The van der Waals surface area contributed by atoms with Gasteiger partial charge in [-0.1, -0.05) is 30.3 Å². The maximum Gasteiger partial charge on any atom is 0.340 e. The van der Waals surface area contributed by atoms with E-state index in [0.717, 1.165) is 10.8 Å². The molecule has 0 saturated carbocycles. The van der Waals surface area contributed by atoms with E-state index in [0.29, 0.717) is 33.8 Å². The van der Waals surface area contributed by atoms with Gasteiger partial charge in [0, 0.05) is 17.2 Å². The van der Waals surface area contributed by atoms with Crippen LogP contribution in [0.1, 0.15) is 27.0 Å². The van der Waals surface area contributed by atoms with E-state index in [1.165, 1.54) is 6.07 Å². The molecule has 0 saturated heterocycles. The first-order valence-electron chi connectivity index (χ1n) is 9.18. The number of ether oxygens (including phenoxy) is 2. The molecule has 6 rings (SSSR count). The third kappa shape index (κ3) is 1.96. The van der Waals surface area contributed by atoms with Gasteiger partial charge in [0.05, 0.1) is 11.1 Å². The standard InChI is InChI=1S/C24H14O5/c25-14-7-5-13-6-10-20-22(17(13)11-14)24(19-9-8-15(26)12-21(19)28-20)18-4-2-1-3-16(18)23(27)29-24/h1-12,25-26H. The van der Waals surface area contributed by atoms with Crippen LogP contribution in [-0.4, -0.2) is 16.2 Å². The summed E-state index contributed by atoms with van der Waals surface area (Å²) < 4.78 is 12.2. The predicted molar refractivity (Wildman–Crippen MR) is 106 cm³/mol. The van der Waals surface area contributed by atoms with Gasteiger partial charge in [-0.15, -0.1) is 0 Å². The summed E-state index contributed by atoms with van der Waals surface area (Å²) in [5.74, 6) is 0.658. The summed E-state index contributed by atoms with van der Waals surface area (Å²) in [6, 6.07) is 20.8. The molecule has 2 aliphatic rings. The van der Waals surface area contributed by atoms with Crippen LogP contribution in [0.5, 0.6) is 23.0 Å². The predicted octanol–water partition coefficient (Wildman–Crippen LogP) is 4.82. The van der Waals surface area contributed by atoms with Crippen LogP contribution in [0.25, 0.3) is 10.8 Å². The van der Waals surface area contributed by atoms with Crippen LogP contribution < -0.4 is 4.74 Å². The minimum Gasteiger partial charge on any atom is -0.508 e. The Morgan fingerprint density at radius 3 is 2.41 bits per heavy atom. The van der Waals surface area contributed by atoms with Crippen LogP contribution in [0, 0.1) is 0 Å². The molecule has 2 N–H and O–H groups in total. The number of carbonyl (C=O) groups excluding carboxylic acids is 1. The lowest BCUT2D eigenvalue weighted by Gasteiger charge is -2.37. The monoisotopic (exact) mass is 382 g/mol. The Bertz CT molecular complexity index is 1360. The van der Waals surface area contributed by atoms with Crippen molar-refractivity contribution in [1.29, 1.82) is 0 Å². The van der Waals surface area contributed by atoms with E-state index in [1.807, 2.05) is 30.3 Å². The third-order valence-corrected chi connectivity index (χ3v) is 5.66. The zero-order valence-electron chi connectivity index (χ0n) is 15.0. The van der Waals surface area contributed by atoms with Crippen molar-refractivity contribution in [3.63, 3.8) is 0 Å². The number of fused-ring (bicyclic) bond motifs is 8. The summed E-state index contributed by atoms with van der Waals surface area (Å²) in [5, 5.41) is 21.8. The Kier molecular flexibility index (Phi) is 2.92. The molecule has 5 heteroatoms. The average molecular weight is 382 g/mol. The van der Waals surface area contributed by atoms with Crippen molar-refractivity contribution in [3.8, 4) is 23.0 Å². The second-order valence-electron chi connectivity index (χ2n) is 7.24. The second-order valence-corrected chi connectivity index (χ2v) is 7.24. The number of rotatable bonds is 0. The molecule has 1 atom stereocenters. The molecule has 0 bridgehead atoms. The zero-order chi connectivity index (χ0) is 19.8. The minimum atomic E-state index is -1.24. The summed E-state index contributed by atoms with van der Waals surface area (Å²) in [6.07, 6.45) is 0. The van der Waals surface area contributed by atoms with Gasteiger partial charge in [-0.2, -0.15) is 0 Å². The van der Waals surface area contributed by atoms with E-state index in [1.54, 1.807) is 36.4 Å². The lowest BCUT2D eigenvalue weighted by molar-refractivity contribution is 0.0229. The molecular weight excluding hydrogens is 368 g/mol. The second kappa shape index (κ2) is 5.29. The number of aromatic hydroxyl groups is 2. The number of hydrogen-bond donors (Lipinski definition) is 2. The van der Waals surface area contributed by atoms with E-state index in [9.17, 15) is 15.0 Å². The van der Waals surface area contributed by atoms with Gasteiger partial charge in [0.2, 0.25) is 0 Å². The highest BCUT2D eigenvalue weighted by molar-refractivity contribution is 6.00. The Morgan fingerprint density at radius 2 is 1.52 bits per heavy atom. The van der Waals surface area contributed by atoms with Gasteiger partial charge in [-0.25, -0.2) is 4.79 Å². The lowest BCUT2D eigenvalue weighted by Crippen LogP contribution is -2.33. The maximum atomic E-state index is 12.9. The number of benzene rings is 4. The molecule has 0 fully saturated rings. The molecule has 1 spiro atoms. The smallest absolute Gasteiger partial charge is 0.340 e. The van der Waals surface area contributed by atoms with Crippen LogP contribution in [0.4, 0.5) is 0 Å². The number of phenolic OH excluding ortho intramolecular Hbond substituents is 2. The van der Waals surface area contributed by atoms with Crippen LogP contribution >= 0.6 is 0 Å². The molecule has 0 radical (unpaired) electrons. The summed E-state index contributed by atoms with van der Waals surface area (Å²) in [4.78, 5) is 12.9. The first kappa shape index (κ1) is 16.0. The van der Waals surface area contributed by atoms with Crippen molar-refractivity contribution in [2.24, 2.45) is 0 Å². The first-order chi connectivity index (χ1) is 14.1. The Hall–Kier alpha value is -3.99. The molecule has 4 aromatic carbocycles. The molecule has 2 aliphatic heterocycles. The first-order valence-corrected chi connectivity index (χ1v) is 9.18. The quantitative estimate of drug-likeness (QED) is 0.427. The number of phenols is 2. The van der Waals surface area contributed by atoms with Crippen molar-refractivity contribution in [3.05, 3.63) is 95.1 Å². The van der Waals surface area contributed by atoms with Gasteiger partial charge in [0.1, 0.15) is 23.0 Å². The summed E-state index contributed by atoms with van der Waals surface area (Å²) >= 11 is 0. The minimum absolute atomic E-state index is 0.0541. The SMILES string of the molecule is O=C1OC2(c3ccc(O)cc3Oc3ccc4ccc(O)cc4c32)c2ccccc21. The molecule has 4 aromatic rings. The molecular formula is C24H14O5. The van der Waals surface area contributed by atoms with Gasteiger partial charge in [-0.05, 0) is 47.2 Å². The van der Waals surface area contributed by atoms with Gasteiger partial charge >= 0.3 is 5.97 Å². The van der Waals surface area contributed by atoms with E-state index >= 15 is 0 Å². The van der Waals surface area contributed by atoms with Crippen LogP contribution in [0.3, 0.4) is 0 Å². The maximum absolute atomic E-state index is 12.9. The molecule has 0 aliphatic carbocycles. The number of carbonyl (C=O) groups is 1. The molecule has 1 unspecified atom stereocenters. The Labute approximate surface area is 165 Å². The van der Waals surface area contributed by atoms with Gasteiger partial charge in [0.25, 0.3) is 0 Å². The van der Waals surface area contributed by atoms with Crippen LogP contribution in [-0.2, 0) is 10.3 Å². The molecule has 0 aromatic heterocycles. The van der Waals surface area contributed by atoms with Gasteiger partial charge < -0.3 is 19.7 Å². The number of hydrogen-bond acceptors (Lipinski definition) is 5. The summed E-state index contributed by atoms with van der Waals surface area (Å²) in [5.41, 5.74) is 1.23. The summed E-state index contributed by atoms with van der Waals surface area (Å²) in [7, 11) is 0. The van der Waals surface area contributed by atoms with Crippen molar-refractivity contribution in [2.45, 2.75) is 5.60 Å². The largest absolute Gasteiger partial charge is 0.508 e. The Balaban J connectivity index is 1.82. The highest BCUT2D eigenvalue weighted by Gasteiger charge is 2.54. The normalized spacial score (nSPS) is 18.7. The Morgan fingerprint density at radius 1 is 0.759 bits per heavy atom. The molecule has 29 heavy (non-hydrogen) atoms. The zero-order valence-corrected chi connectivity index (χ0v) is 15.0. The fraction of sp³-hybridized carbons (Fsp3) is 0.0417. The van der Waals surface area contributed by atoms with Crippen molar-refractivity contribution < 1.29 is 24.5 Å². The molecule has 2 heterocycles. The number of esters is 1. The van der Waals surface area contributed by atoms with Crippen LogP contribution in [0.2, 0.25) is 0 Å². The fourth-order valence-corrected chi connectivity index (χ4v) is 4.48. The van der Waals surface area contributed by atoms with Gasteiger partial charge in [0.15, 0.2) is 5.60 Å². The molecule has 140 valence electrons. The van der Waals surface area contributed by atoms with E-state index < -0.39 is 11.6 Å². The summed E-state index contributed by atoms with van der Waals surface area (Å²) in [6.45, 7) is 0. The van der Waals surface area contributed by atoms with Crippen molar-refractivity contribution in [1.82, 2.24) is 0 Å².